The molecule has 0 saturated carbocycles. The molecule has 1 aliphatic rings. The summed E-state index contributed by atoms with van der Waals surface area (Å²) in [6, 6.07) is 6.14. The summed E-state index contributed by atoms with van der Waals surface area (Å²) in [5.41, 5.74) is -0.779. The minimum atomic E-state index is -4.01. The van der Waals surface area contributed by atoms with E-state index < -0.39 is 33.3 Å². The van der Waals surface area contributed by atoms with Gasteiger partial charge in [-0.2, -0.15) is 12.7 Å². The molecule has 1 saturated heterocycles. The first kappa shape index (κ1) is 25.1. The van der Waals surface area contributed by atoms with E-state index in [1.165, 1.54) is 16.4 Å². The molecule has 1 heterocycles. The van der Waals surface area contributed by atoms with Gasteiger partial charge in [-0.25, -0.2) is 13.2 Å². The molecule has 176 valence electrons. The molecule has 0 spiro atoms. The Morgan fingerprint density at radius 3 is 2.38 bits per heavy atom. The van der Waals surface area contributed by atoms with Gasteiger partial charge in [0.15, 0.2) is 11.6 Å². The summed E-state index contributed by atoms with van der Waals surface area (Å²) < 4.78 is 72.8. The van der Waals surface area contributed by atoms with Crippen molar-refractivity contribution in [1.82, 2.24) is 9.21 Å². The molecule has 32 heavy (non-hydrogen) atoms. The molecule has 0 aliphatic carbocycles. The van der Waals surface area contributed by atoms with Crippen LogP contribution < -0.4 is 10.0 Å². The predicted molar refractivity (Wildman–Crippen MR) is 129 cm³/mol. The van der Waals surface area contributed by atoms with Gasteiger partial charge in [-0.15, -0.1) is 0 Å². The van der Waals surface area contributed by atoms with Gasteiger partial charge in [-0.1, -0.05) is 6.92 Å². The zero-order valence-corrected chi connectivity index (χ0v) is 20.8. The molecule has 0 aromatic heterocycles. The second kappa shape index (κ2) is 10.6. The minimum Gasteiger partial charge on any atom is -0.349 e. The van der Waals surface area contributed by atoms with Crippen LogP contribution in [0.3, 0.4) is 0 Å². The lowest BCUT2D eigenvalue weighted by Gasteiger charge is -2.33. The van der Waals surface area contributed by atoms with E-state index in [0.29, 0.717) is 35.4 Å². The molecule has 0 unspecified atom stereocenters. The summed E-state index contributed by atoms with van der Waals surface area (Å²) >= 11 is 1.92. The van der Waals surface area contributed by atoms with Crippen LogP contribution in [0.5, 0.6) is 0 Å². The van der Waals surface area contributed by atoms with E-state index in [9.17, 15) is 21.6 Å². The topological polar surface area (TPSA) is 64.7 Å². The van der Waals surface area contributed by atoms with E-state index in [1.54, 1.807) is 6.07 Å². The predicted octanol–water partition coefficient (Wildman–Crippen LogP) is 4.77. The summed E-state index contributed by atoms with van der Waals surface area (Å²) in [4.78, 5) is 2.19. The number of halogens is 4. The quantitative estimate of drug-likeness (QED) is 0.441. The van der Waals surface area contributed by atoms with Gasteiger partial charge in [0.1, 0.15) is 11.5 Å². The third-order valence-electron chi connectivity index (χ3n) is 5.55. The molecule has 1 aliphatic heterocycles. The van der Waals surface area contributed by atoms with E-state index >= 15 is 0 Å². The number of hydrogen-bond acceptors (Lipinski definition) is 4. The van der Waals surface area contributed by atoms with Crippen LogP contribution in [-0.2, 0) is 10.2 Å². The van der Waals surface area contributed by atoms with Crippen LogP contribution in [0.25, 0.3) is 0 Å². The van der Waals surface area contributed by atoms with Gasteiger partial charge in [-0.05, 0) is 85.3 Å². The third kappa shape index (κ3) is 6.06. The highest BCUT2D eigenvalue weighted by Gasteiger charge is 2.29. The van der Waals surface area contributed by atoms with E-state index in [2.05, 4.69) is 21.9 Å². The maximum atomic E-state index is 14.6. The highest BCUT2D eigenvalue weighted by atomic mass is 127. The lowest BCUT2D eigenvalue weighted by molar-refractivity contribution is 0.211. The Morgan fingerprint density at radius 2 is 1.75 bits per heavy atom. The molecular formula is C21H26F3IN4O2S. The normalized spacial score (nSPS) is 15.8. The number of nitrogens with zero attached hydrogens (tertiary/aromatic N) is 2. The van der Waals surface area contributed by atoms with Crippen molar-refractivity contribution in [3.63, 3.8) is 0 Å². The largest absolute Gasteiger partial charge is 0.349 e. The van der Waals surface area contributed by atoms with E-state index in [-0.39, 0.29) is 11.4 Å². The summed E-state index contributed by atoms with van der Waals surface area (Å²) in [6.45, 7) is 4.55. The van der Waals surface area contributed by atoms with Gasteiger partial charge in [0.2, 0.25) is 0 Å². The van der Waals surface area contributed by atoms with Crippen molar-refractivity contribution in [3.05, 3.63) is 51.4 Å². The first-order chi connectivity index (χ1) is 15.1. The maximum Gasteiger partial charge on any atom is 0.301 e. The lowest BCUT2D eigenvalue weighted by Crippen LogP contribution is -2.43. The Morgan fingerprint density at radius 1 is 1.09 bits per heavy atom. The molecule has 2 aromatic rings. The van der Waals surface area contributed by atoms with Crippen LogP contribution in [0.15, 0.2) is 30.3 Å². The van der Waals surface area contributed by atoms with Crippen molar-refractivity contribution in [2.24, 2.45) is 5.92 Å². The van der Waals surface area contributed by atoms with E-state index in [1.807, 2.05) is 29.6 Å². The monoisotopic (exact) mass is 582 g/mol. The Balaban J connectivity index is 1.79. The fourth-order valence-corrected chi connectivity index (χ4v) is 5.31. The first-order valence-corrected chi connectivity index (χ1v) is 12.8. The van der Waals surface area contributed by atoms with Crippen LogP contribution >= 0.6 is 22.6 Å². The van der Waals surface area contributed by atoms with Gasteiger partial charge < -0.3 is 10.2 Å². The fraction of sp³-hybridized carbons (Fsp3) is 0.429. The molecule has 0 atom stereocenters. The molecule has 0 amide bonds. The van der Waals surface area contributed by atoms with Crippen LogP contribution in [0.4, 0.5) is 30.2 Å². The molecule has 0 radical (unpaired) electrons. The maximum absolute atomic E-state index is 14.6. The molecule has 0 bridgehead atoms. The third-order valence-corrected chi connectivity index (χ3v) is 7.74. The van der Waals surface area contributed by atoms with Crippen LogP contribution in [0.2, 0.25) is 0 Å². The number of anilines is 3. The van der Waals surface area contributed by atoms with Gasteiger partial charge in [0, 0.05) is 23.2 Å². The average Bonchev–Trinajstić information content (AvgIpc) is 2.75. The highest BCUT2D eigenvalue weighted by molar-refractivity contribution is 14.1. The molecule has 2 N–H and O–H groups in total. The van der Waals surface area contributed by atoms with E-state index in [4.69, 9.17) is 0 Å². The van der Waals surface area contributed by atoms with Crippen molar-refractivity contribution in [2.45, 2.75) is 19.8 Å². The smallest absolute Gasteiger partial charge is 0.301 e. The highest BCUT2D eigenvalue weighted by Crippen LogP contribution is 2.33. The summed E-state index contributed by atoms with van der Waals surface area (Å²) in [7, 11) is -1.98. The van der Waals surface area contributed by atoms with Crippen molar-refractivity contribution in [1.29, 1.82) is 0 Å². The number of benzene rings is 2. The summed E-state index contributed by atoms with van der Waals surface area (Å²) in [6.07, 6.45) is 1.42. The molecule has 3 rings (SSSR count). The van der Waals surface area contributed by atoms with Crippen LogP contribution in [-0.4, -0.2) is 50.8 Å². The lowest BCUT2D eigenvalue weighted by atomic mass is 9.98. The van der Waals surface area contributed by atoms with E-state index in [0.717, 1.165) is 25.2 Å². The first-order valence-electron chi connectivity index (χ1n) is 10.3. The summed E-state index contributed by atoms with van der Waals surface area (Å²) in [5.74, 6) is -2.75. The van der Waals surface area contributed by atoms with Crippen molar-refractivity contribution >= 4 is 49.9 Å². The minimum absolute atomic E-state index is 0.101. The molecule has 1 fully saturated rings. The van der Waals surface area contributed by atoms with Crippen molar-refractivity contribution in [2.75, 3.05) is 43.3 Å². The van der Waals surface area contributed by atoms with Gasteiger partial charge >= 0.3 is 10.2 Å². The van der Waals surface area contributed by atoms with Crippen LogP contribution in [0.1, 0.15) is 19.8 Å². The molecule has 6 nitrogen and oxygen atoms in total. The summed E-state index contributed by atoms with van der Waals surface area (Å²) in [5, 5.41) is 2.49. The van der Waals surface area contributed by atoms with Gasteiger partial charge in [0.25, 0.3) is 0 Å². The van der Waals surface area contributed by atoms with Crippen molar-refractivity contribution < 1.29 is 21.6 Å². The Bertz CT molecular complexity index is 1060. The number of nitrogens with one attached hydrogen (secondary N) is 2. The Hall–Kier alpha value is -1.57. The zero-order valence-electron chi connectivity index (χ0n) is 17.8. The molecule has 11 heteroatoms. The van der Waals surface area contributed by atoms with Crippen LogP contribution in [0, 0.1) is 26.9 Å². The van der Waals surface area contributed by atoms with Crippen molar-refractivity contribution in [3.8, 4) is 0 Å². The molecular weight excluding hydrogens is 556 g/mol. The Labute approximate surface area is 200 Å². The van der Waals surface area contributed by atoms with Gasteiger partial charge in [0.05, 0.1) is 11.4 Å². The average molecular weight is 582 g/mol. The Kier molecular flexibility index (Phi) is 8.28. The number of hydrogen-bond donors (Lipinski definition) is 2. The second-order valence-corrected chi connectivity index (χ2v) is 10.8. The zero-order chi connectivity index (χ0) is 23.5. The second-order valence-electron chi connectivity index (χ2n) is 7.84. The molecule has 2 aromatic carbocycles. The standard InChI is InChI=1S/C21H26F3IN4O2S/c1-3-28(2)13-14-8-10-29(11-9-14)32(30,31)27-19-7-5-16(22)20(24)21(19)26-18-6-4-15(25)12-17(18)23/h4-7,12,14,26-27H,3,8-11,13H2,1-2H3. The number of piperidine rings is 1. The number of rotatable bonds is 8. The SMILES string of the molecule is CCN(C)CC1CCN(S(=O)(=O)Nc2ccc(F)c(F)c2Nc2ccc(I)cc2F)CC1. The fourth-order valence-electron chi connectivity index (χ4n) is 3.59. The van der Waals surface area contributed by atoms with Gasteiger partial charge in [-0.3, -0.25) is 4.72 Å².